The van der Waals surface area contributed by atoms with E-state index in [2.05, 4.69) is 25.2 Å². The number of hydrogen-bond acceptors (Lipinski definition) is 3. The second kappa shape index (κ2) is 4.73. The summed E-state index contributed by atoms with van der Waals surface area (Å²) in [6.45, 7) is 5.59. The molecule has 16 heavy (non-hydrogen) atoms. The minimum absolute atomic E-state index is 0.393. The monoisotopic (exact) mass is 222 g/mol. The van der Waals surface area contributed by atoms with Gasteiger partial charge in [-0.3, -0.25) is 5.32 Å². The summed E-state index contributed by atoms with van der Waals surface area (Å²) in [6.07, 6.45) is 4.80. The second-order valence-corrected chi connectivity index (χ2v) is 5.69. The Morgan fingerprint density at radius 1 is 1.38 bits per heavy atom. The Labute approximate surface area is 98.2 Å². The molecule has 0 radical (unpaired) electrons. The molecule has 0 aromatic heterocycles. The van der Waals surface area contributed by atoms with Crippen LogP contribution in [0.4, 0.5) is 0 Å². The maximum absolute atomic E-state index is 9.44. The summed E-state index contributed by atoms with van der Waals surface area (Å²) in [5.41, 5.74) is -0.393. The van der Waals surface area contributed by atoms with Gasteiger partial charge < -0.3 is 4.74 Å². The Balaban J connectivity index is 1.87. The van der Waals surface area contributed by atoms with Gasteiger partial charge in [-0.1, -0.05) is 13.8 Å². The van der Waals surface area contributed by atoms with Crippen LogP contribution in [0.1, 0.15) is 39.5 Å². The molecule has 0 saturated heterocycles. The number of nitrogens with zero attached hydrogens (tertiary/aromatic N) is 1. The predicted octanol–water partition coefficient (Wildman–Crippen LogP) is 2.08. The van der Waals surface area contributed by atoms with Crippen LogP contribution in [0.5, 0.6) is 0 Å². The van der Waals surface area contributed by atoms with Crippen molar-refractivity contribution in [2.75, 3.05) is 13.2 Å². The van der Waals surface area contributed by atoms with Crippen molar-refractivity contribution in [2.24, 2.45) is 11.8 Å². The van der Waals surface area contributed by atoms with Crippen LogP contribution in [-0.2, 0) is 4.74 Å². The van der Waals surface area contributed by atoms with Gasteiger partial charge in [-0.05, 0) is 37.5 Å². The zero-order chi connectivity index (χ0) is 11.6. The molecule has 3 nitrogen and oxygen atoms in total. The van der Waals surface area contributed by atoms with Gasteiger partial charge >= 0.3 is 0 Å². The van der Waals surface area contributed by atoms with Crippen LogP contribution >= 0.6 is 0 Å². The number of rotatable bonds is 7. The van der Waals surface area contributed by atoms with Crippen LogP contribution < -0.4 is 5.32 Å². The molecule has 0 bridgehead atoms. The minimum Gasteiger partial charge on any atom is -0.378 e. The zero-order valence-electron chi connectivity index (χ0n) is 10.3. The molecule has 0 spiro atoms. The van der Waals surface area contributed by atoms with Gasteiger partial charge in [-0.15, -0.1) is 0 Å². The lowest BCUT2D eigenvalue weighted by Crippen LogP contribution is -2.51. The Hall–Kier alpha value is -0.590. The van der Waals surface area contributed by atoms with Gasteiger partial charge in [0.1, 0.15) is 5.54 Å². The third kappa shape index (κ3) is 2.96. The SMILES string of the molecule is CC(C)COCC(C#N)(NC1CC1)C1CC1. The van der Waals surface area contributed by atoms with Crippen LogP contribution in [0, 0.1) is 23.2 Å². The van der Waals surface area contributed by atoms with Crippen molar-refractivity contribution in [3.8, 4) is 6.07 Å². The lowest BCUT2D eigenvalue weighted by molar-refractivity contribution is 0.0630. The molecule has 2 rings (SSSR count). The smallest absolute Gasteiger partial charge is 0.133 e. The summed E-state index contributed by atoms with van der Waals surface area (Å²) < 4.78 is 5.70. The first-order valence-corrected chi connectivity index (χ1v) is 6.43. The van der Waals surface area contributed by atoms with Gasteiger partial charge in [0.25, 0.3) is 0 Å². The lowest BCUT2D eigenvalue weighted by Gasteiger charge is -2.28. The first kappa shape index (κ1) is 11.9. The van der Waals surface area contributed by atoms with Crippen LogP contribution in [0.25, 0.3) is 0 Å². The highest BCUT2D eigenvalue weighted by Crippen LogP contribution is 2.41. The highest BCUT2D eigenvalue weighted by molar-refractivity contribution is 5.17. The van der Waals surface area contributed by atoms with Crippen molar-refractivity contribution in [3.05, 3.63) is 0 Å². The second-order valence-electron chi connectivity index (χ2n) is 5.69. The molecular formula is C13H22N2O. The Bertz CT molecular complexity index is 276. The van der Waals surface area contributed by atoms with Gasteiger partial charge in [0.2, 0.25) is 0 Å². The van der Waals surface area contributed by atoms with Gasteiger partial charge in [0, 0.05) is 12.6 Å². The molecule has 0 heterocycles. The molecule has 2 aliphatic rings. The van der Waals surface area contributed by atoms with E-state index in [1.165, 1.54) is 25.7 Å². The van der Waals surface area contributed by atoms with Crippen LogP contribution in [0.15, 0.2) is 0 Å². The number of nitrogens with one attached hydrogen (secondary N) is 1. The van der Waals surface area contributed by atoms with Crippen molar-refractivity contribution in [2.45, 2.75) is 51.1 Å². The Morgan fingerprint density at radius 3 is 2.50 bits per heavy atom. The number of hydrogen-bond donors (Lipinski definition) is 1. The largest absolute Gasteiger partial charge is 0.378 e. The molecule has 1 unspecified atom stereocenters. The Kier molecular flexibility index (Phi) is 3.51. The number of ether oxygens (including phenoxy) is 1. The minimum atomic E-state index is -0.393. The van der Waals surface area contributed by atoms with Gasteiger partial charge in [-0.2, -0.15) is 5.26 Å². The first-order chi connectivity index (χ1) is 7.66. The molecule has 0 amide bonds. The van der Waals surface area contributed by atoms with Crippen LogP contribution in [0.2, 0.25) is 0 Å². The van der Waals surface area contributed by atoms with Crippen molar-refractivity contribution in [1.82, 2.24) is 5.32 Å². The molecule has 1 N–H and O–H groups in total. The Morgan fingerprint density at radius 2 is 2.06 bits per heavy atom. The first-order valence-electron chi connectivity index (χ1n) is 6.43. The van der Waals surface area contributed by atoms with E-state index >= 15 is 0 Å². The number of nitriles is 1. The predicted molar refractivity (Wildman–Crippen MR) is 62.9 cm³/mol. The van der Waals surface area contributed by atoms with E-state index in [0.29, 0.717) is 24.5 Å². The normalized spacial score (nSPS) is 24.1. The third-order valence-electron chi connectivity index (χ3n) is 3.29. The highest BCUT2D eigenvalue weighted by Gasteiger charge is 2.48. The average molecular weight is 222 g/mol. The summed E-state index contributed by atoms with van der Waals surface area (Å²) in [6, 6.07) is 3.06. The van der Waals surface area contributed by atoms with Crippen LogP contribution in [0.3, 0.4) is 0 Å². The molecule has 3 heteroatoms. The molecule has 0 aromatic carbocycles. The van der Waals surface area contributed by atoms with Crippen LogP contribution in [-0.4, -0.2) is 24.8 Å². The van der Waals surface area contributed by atoms with Gasteiger partial charge in [0.15, 0.2) is 0 Å². The fourth-order valence-corrected chi connectivity index (χ4v) is 2.06. The maximum atomic E-state index is 9.44. The molecule has 2 saturated carbocycles. The molecule has 2 fully saturated rings. The summed E-state index contributed by atoms with van der Waals surface area (Å²) in [4.78, 5) is 0. The van der Waals surface area contributed by atoms with E-state index in [-0.39, 0.29) is 0 Å². The lowest BCUT2D eigenvalue weighted by atomic mass is 9.96. The third-order valence-corrected chi connectivity index (χ3v) is 3.29. The van der Waals surface area contributed by atoms with E-state index in [9.17, 15) is 5.26 Å². The summed E-state index contributed by atoms with van der Waals surface area (Å²) in [7, 11) is 0. The van der Waals surface area contributed by atoms with Crippen molar-refractivity contribution in [3.63, 3.8) is 0 Å². The molecule has 90 valence electrons. The van der Waals surface area contributed by atoms with E-state index in [1.54, 1.807) is 0 Å². The van der Waals surface area contributed by atoms with Crippen molar-refractivity contribution >= 4 is 0 Å². The van der Waals surface area contributed by atoms with E-state index < -0.39 is 5.54 Å². The van der Waals surface area contributed by atoms with E-state index in [1.807, 2.05) is 0 Å². The van der Waals surface area contributed by atoms with Gasteiger partial charge in [-0.25, -0.2) is 0 Å². The molecule has 1 atom stereocenters. The van der Waals surface area contributed by atoms with Gasteiger partial charge in [0.05, 0.1) is 12.7 Å². The molecule has 0 aliphatic heterocycles. The summed E-state index contributed by atoms with van der Waals surface area (Å²) >= 11 is 0. The topological polar surface area (TPSA) is 45.0 Å². The maximum Gasteiger partial charge on any atom is 0.133 e. The molecule has 2 aliphatic carbocycles. The fraction of sp³-hybridized carbons (Fsp3) is 0.923. The van der Waals surface area contributed by atoms with E-state index in [4.69, 9.17) is 4.74 Å². The standard InChI is InChI=1S/C13H22N2O/c1-10(2)7-16-9-13(8-14,11-3-4-11)15-12-5-6-12/h10-12,15H,3-7,9H2,1-2H3. The highest BCUT2D eigenvalue weighted by atomic mass is 16.5. The average Bonchev–Trinajstić information content (AvgIpc) is 3.08. The summed E-state index contributed by atoms with van der Waals surface area (Å²) in [5, 5.41) is 12.9. The van der Waals surface area contributed by atoms with E-state index in [0.717, 1.165) is 6.61 Å². The zero-order valence-corrected chi connectivity index (χ0v) is 10.3. The molecular weight excluding hydrogens is 200 g/mol. The quantitative estimate of drug-likeness (QED) is 0.717. The van der Waals surface area contributed by atoms with Crippen molar-refractivity contribution in [1.29, 1.82) is 5.26 Å². The van der Waals surface area contributed by atoms with Crippen molar-refractivity contribution < 1.29 is 4.74 Å². The molecule has 0 aromatic rings. The fourth-order valence-electron chi connectivity index (χ4n) is 2.06. The summed E-state index contributed by atoms with van der Waals surface area (Å²) in [5.74, 6) is 1.06.